The van der Waals surface area contributed by atoms with Gasteiger partial charge in [0.15, 0.2) is 5.78 Å². The fourth-order valence-corrected chi connectivity index (χ4v) is 5.38. The van der Waals surface area contributed by atoms with Crippen LogP contribution in [0.4, 0.5) is 0 Å². The molecular weight excluding hydrogens is 252 g/mol. The average molecular weight is 274 g/mol. The van der Waals surface area contributed by atoms with Crippen molar-refractivity contribution >= 4 is 19.3 Å². The predicted molar refractivity (Wildman–Crippen MR) is 81.0 cm³/mol. The van der Waals surface area contributed by atoms with E-state index in [9.17, 15) is 4.79 Å². The van der Waals surface area contributed by atoms with E-state index < -0.39 is 13.9 Å². The Morgan fingerprint density at radius 2 is 1.84 bits per heavy atom. The van der Waals surface area contributed by atoms with Crippen LogP contribution in [0.25, 0.3) is 0 Å². The Morgan fingerprint density at radius 3 is 2.37 bits per heavy atom. The van der Waals surface area contributed by atoms with Crippen LogP contribution < -0.4 is 5.19 Å². The lowest BCUT2D eigenvalue weighted by Crippen LogP contribution is -2.53. The summed E-state index contributed by atoms with van der Waals surface area (Å²) in [5, 5.41) is 1.27. The third-order valence-corrected chi connectivity index (χ3v) is 6.58. The Balaban J connectivity index is 2.17. The van der Waals surface area contributed by atoms with E-state index in [0.29, 0.717) is 0 Å². The monoisotopic (exact) mass is 274 g/mol. The molecule has 102 valence electrons. The quantitative estimate of drug-likeness (QED) is 0.789. The molecule has 0 aromatic heterocycles. The van der Waals surface area contributed by atoms with E-state index in [0.717, 1.165) is 6.42 Å². The Hall–Kier alpha value is -1.19. The van der Waals surface area contributed by atoms with Crippen molar-refractivity contribution in [1.29, 1.82) is 0 Å². The van der Waals surface area contributed by atoms with Gasteiger partial charge in [-0.3, -0.25) is 4.79 Å². The molecule has 0 fully saturated rings. The first-order valence-electron chi connectivity index (χ1n) is 6.79. The highest BCUT2D eigenvalue weighted by Gasteiger charge is 2.41. The fourth-order valence-electron chi connectivity index (χ4n) is 2.81. The van der Waals surface area contributed by atoms with Gasteiger partial charge in [-0.15, -0.1) is 0 Å². The summed E-state index contributed by atoms with van der Waals surface area (Å²) in [5.41, 5.74) is -0.411. The van der Waals surface area contributed by atoms with E-state index in [2.05, 4.69) is 25.2 Å². The molecule has 3 heteroatoms. The lowest BCUT2D eigenvalue weighted by atomic mass is 9.88. The normalized spacial score (nSPS) is 20.0. The number of carbonyl (C=O) groups is 1. The van der Waals surface area contributed by atoms with Gasteiger partial charge in [-0.05, 0) is 44.6 Å². The van der Waals surface area contributed by atoms with Crippen LogP contribution in [0.2, 0.25) is 13.1 Å². The number of carbonyl (C=O) groups excluding carboxylic acids is 1. The molecule has 0 bridgehead atoms. The number of ketones is 1. The summed E-state index contributed by atoms with van der Waals surface area (Å²) < 4.78 is 6.44. The first-order valence-corrected chi connectivity index (χ1v) is 9.70. The maximum Gasteiger partial charge on any atom is 0.218 e. The zero-order valence-electron chi connectivity index (χ0n) is 12.1. The highest BCUT2D eigenvalue weighted by Crippen LogP contribution is 2.32. The van der Waals surface area contributed by atoms with Gasteiger partial charge in [-0.2, -0.15) is 0 Å². The molecule has 1 unspecified atom stereocenters. The first kappa shape index (κ1) is 14.2. The maximum absolute atomic E-state index is 11.9. The number of hydrogen-bond acceptors (Lipinski definition) is 2. The summed E-state index contributed by atoms with van der Waals surface area (Å²) in [6.07, 6.45) is 4.44. The lowest BCUT2D eigenvalue weighted by Gasteiger charge is -2.38. The second-order valence-corrected chi connectivity index (χ2v) is 9.98. The van der Waals surface area contributed by atoms with Gasteiger partial charge in [0.25, 0.3) is 0 Å². The van der Waals surface area contributed by atoms with Crippen molar-refractivity contribution in [3.05, 3.63) is 42.5 Å². The van der Waals surface area contributed by atoms with Crippen molar-refractivity contribution in [2.75, 3.05) is 0 Å². The van der Waals surface area contributed by atoms with Gasteiger partial charge in [0.2, 0.25) is 8.32 Å². The first-order chi connectivity index (χ1) is 8.83. The SMILES string of the molecule is CC(C)(O[Si](C)(C)c1ccccc1)C1CC=CC1=O. The van der Waals surface area contributed by atoms with E-state index >= 15 is 0 Å². The molecule has 0 spiro atoms. The Bertz CT molecular complexity index is 489. The summed E-state index contributed by atoms with van der Waals surface area (Å²) in [6.45, 7) is 8.47. The largest absolute Gasteiger partial charge is 0.407 e. The molecule has 0 N–H and O–H groups in total. The average Bonchev–Trinajstić information content (AvgIpc) is 2.76. The molecule has 0 saturated heterocycles. The van der Waals surface area contributed by atoms with E-state index in [-0.39, 0.29) is 11.7 Å². The summed E-state index contributed by atoms with van der Waals surface area (Å²) >= 11 is 0. The van der Waals surface area contributed by atoms with Crippen LogP contribution in [0.15, 0.2) is 42.5 Å². The molecule has 0 amide bonds. The van der Waals surface area contributed by atoms with E-state index in [1.807, 2.05) is 38.1 Å². The lowest BCUT2D eigenvalue weighted by molar-refractivity contribution is -0.123. The van der Waals surface area contributed by atoms with Crippen LogP contribution in [-0.4, -0.2) is 19.7 Å². The fraction of sp³-hybridized carbons (Fsp3) is 0.438. The molecule has 0 radical (unpaired) electrons. The second-order valence-electron chi connectivity index (χ2n) is 6.17. The number of hydrogen-bond donors (Lipinski definition) is 0. The summed E-state index contributed by atoms with van der Waals surface area (Å²) in [6, 6.07) is 10.4. The third kappa shape index (κ3) is 3.04. The van der Waals surface area contributed by atoms with Crippen molar-refractivity contribution in [1.82, 2.24) is 0 Å². The standard InChI is InChI=1S/C16H22O2Si/c1-16(2,14-11-8-12-15(14)17)18-19(3,4)13-9-6-5-7-10-13/h5-10,12,14H,11H2,1-4H3. The van der Waals surface area contributed by atoms with Gasteiger partial charge in [0.1, 0.15) is 0 Å². The minimum atomic E-state index is -1.99. The van der Waals surface area contributed by atoms with Crippen molar-refractivity contribution in [3.8, 4) is 0 Å². The van der Waals surface area contributed by atoms with Crippen LogP contribution >= 0.6 is 0 Å². The van der Waals surface area contributed by atoms with Crippen molar-refractivity contribution < 1.29 is 9.22 Å². The molecule has 1 aliphatic carbocycles. The van der Waals surface area contributed by atoms with Crippen LogP contribution in [0.1, 0.15) is 20.3 Å². The molecule has 2 rings (SSSR count). The number of allylic oxidation sites excluding steroid dienone is 2. The van der Waals surface area contributed by atoms with Crippen LogP contribution in [-0.2, 0) is 9.22 Å². The van der Waals surface area contributed by atoms with E-state index in [1.165, 1.54) is 5.19 Å². The van der Waals surface area contributed by atoms with Gasteiger partial charge in [-0.1, -0.05) is 36.4 Å². The highest BCUT2D eigenvalue weighted by atomic mass is 28.4. The topological polar surface area (TPSA) is 26.3 Å². The van der Waals surface area contributed by atoms with Gasteiger partial charge in [0.05, 0.1) is 11.5 Å². The van der Waals surface area contributed by atoms with Crippen LogP contribution in [0.3, 0.4) is 0 Å². The molecule has 0 heterocycles. The van der Waals surface area contributed by atoms with Crippen molar-refractivity contribution in [2.45, 2.75) is 39.0 Å². The smallest absolute Gasteiger partial charge is 0.218 e. The minimum Gasteiger partial charge on any atom is -0.407 e. The Labute approximate surface area is 116 Å². The molecule has 1 aliphatic rings. The molecule has 1 atom stereocenters. The third-order valence-electron chi connectivity index (χ3n) is 3.82. The van der Waals surface area contributed by atoms with Gasteiger partial charge < -0.3 is 4.43 Å². The van der Waals surface area contributed by atoms with Gasteiger partial charge >= 0.3 is 0 Å². The minimum absolute atomic E-state index is 0.0389. The van der Waals surface area contributed by atoms with Crippen molar-refractivity contribution in [2.24, 2.45) is 5.92 Å². The Morgan fingerprint density at radius 1 is 1.21 bits per heavy atom. The molecule has 1 aromatic carbocycles. The summed E-state index contributed by atoms with van der Waals surface area (Å²) in [5.74, 6) is 0.158. The molecule has 19 heavy (non-hydrogen) atoms. The second kappa shape index (κ2) is 5.06. The van der Waals surface area contributed by atoms with Crippen molar-refractivity contribution in [3.63, 3.8) is 0 Å². The highest BCUT2D eigenvalue weighted by molar-refractivity contribution is 6.84. The zero-order chi connectivity index (χ0) is 14.1. The van der Waals surface area contributed by atoms with Crippen LogP contribution in [0.5, 0.6) is 0 Å². The maximum atomic E-state index is 11.9. The Kier molecular flexibility index (Phi) is 3.79. The molecule has 1 aromatic rings. The van der Waals surface area contributed by atoms with Crippen LogP contribution in [0, 0.1) is 5.92 Å². The number of rotatable bonds is 4. The van der Waals surface area contributed by atoms with Gasteiger partial charge in [-0.25, -0.2) is 0 Å². The predicted octanol–water partition coefficient (Wildman–Crippen LogP) is 3.04. The zero-order valence-corrected chi connectivity index (χ0v) is 13.1. The number of benzene rings is 1. The van der Waals surface area contributed by atoms with E-state index in [1.54, 1.807) is 6.08 Å². The van der Waals surface area contributed by atoms with Gasteiger partial charge in [0, 0.05) is 0 Å². The molecule has 0 saturated carbocycles. The van der Waals surface area contributed by atoms with E-state index in [4.69, 9.17) is 4.43 Å². The molecule has 2 nitrogen and oxygen atoms in total. The molecule has 0 aliphatic heterocycles. The summed E-state index contributed by atoms with van der Waals surface area (Å²) in [7, 11) is -1.99. The summed E-state index contributed by atoms with van der Waals surface area (Å²) in [4.78, 5) is 11.9. The molecular formula is C16H22O2Si.